The molecule has 0 unspecified atom stereocenters. The normalized spacial score (nSPS) is 14.6. The van der Waals surface area contributed by atoms with Crippen LogP contribution in [0, 0.1) is 6.92 Å². The SMILES string of the molecule is Cc1ccc(C(=O)N2CCOCC2)cc1NC(=O)c1ccco1. The molecule has 0 atom stereocenters. The fraction of sp³-hybridized carbons (Fsp3) is 0.294. The maximum atomic E-state index is 12.5. The lowest BCUT2D eigenvalue weighted by Crippen LogP contribution is -2.40. The van der Waals surface area contributed by atoms with Crippen LogP contribution in [0.1, 0.15) is 26.5 Å². The second kappa shape index (κ2) is 6.66. The number of anilines is 1. The van der Waals surface area contributed by atoms with Crippen LogP contribution in [0.25, 0.3) is 0 Å². The Labute approximate surface area is 134 Å². The lowest BCUT2D eigenvalue weighted by atomic mass is 10.1. The van der Waals surface area contributed by atoms with Crippen molar-refractivity contribution in [2.24, 2.45) is 0 Å². The lowest BCUT2D eigenvalue weighted by Gasteiger charge is -2.27. The minimum absolute atomic E-state index is 0.0539. The Morgan fingerprint density at radius 2 is 1.96 bits per heavy atom. The number of aryl methyl sites for hydroxylation is 1. The van der Waals surface area contributed by atoms with Crippen LogP contribution in [0.3, 0.4) is 0 Å². The number of nitrogens with zero attached hydrogens (tertiary/aromatic N) is 1. The Morgan fingerprint density at radius 3 is 2.65 bits per heavy atom. The summed E-state index contributed by atoms with van der Waals surface area (Å²) in [7, 11) is 0. The number of morpholine rings is 1. The van der Waals surface area contributed by atoms with Crippen molar-refractivity contribution in [2.45, 2.75) is 6.92 Å². The Kier molecular flexibility index (Phi) is 4.43. The molecule has 0 spiro atoms. The third-order valence-electron chi connectivity index (χ3n) is 3.78. The van der Waals surface area contributed by atoms with Crippen molar-refractivity contribution in [1.29, 1.82) is 0 Å². The maximum absolute atomic E-state index is 12.5. The molecular weight excluding hydrogens is 296 g/mol. The van der Waals surface area contributed by atoms with E-state index in [1.165, 1.54) is 6.26 Å². The first-order chi connectivity index (χ1) is 11.1. The Balaban J connectivity index is 1.78. The van der Waals surface area contributed by atoms with E-state index < -0.39 is 0 Å². The first kappa shape index (κ1) is 15.3. The van der Waals surface area contributed by atoms with Crippen LogP contribution in [-0.4, -0.2) is 43.0 Å². The summed E-state index contributed by atoms with van der Waals surface area (Å²) in [6.07, 6.45) is 1.44. The number of carbonyl (C=O) groups excluding carboxylic acids is 2. The van der Waals surface area contributed by atoms with Gasteiger partial charge in [0, 0.05) is 24.3 Å². The fourth-order valence-electron chi connectivity index (χ4n) is 2.43. The molecule has 1 saturated heterocycles. The predicted octanol–water partition coefficient (Wildman–Crippen LogP) is 2.31. The zero-order valence-corrected chi connectivity index (χ0v) is 12.9. The highest BCUT2D eigenvalue weighted by molar-refractivity contribution is 6.03. The van der Waals surface area contributed by atoms with Crippen LogP contribution in [0.2, 0.25) is 0 Å². The van der Waals surface area contributed by atoms with Crippen molar-refractivity contribution in [3.63, 3.8) is 0 Å². The predicted molar refractivity (Wildman–Crippen MR) is 84.6 cm³/mol. The number of hydrogen-bond donors (Lipinski definition) is 1. The highest BCUT2D eigenvalue weighted by Gasteiger charge is 2.19. The third kappa shape index (κ3) is 3.43. The average Bonchev–Trinajstić information content (AvgIpc) is 3.11. The van der Waals surface area contributed by atoms with E-state index >= 15 is 0 Å². The van der Waals surface area contributed by atoms with E-state index in [4.69, 9.17) is 9.15 Å². The molecule has 0 bridgehead atoms. The number of rotatable bonds is 3. The lowest BCUT2D eigenvalue weighted by molar-refractivity contribution is 0.0303. The number of amides is 2. The van der Waals surface area contributed by atoms with Gasteiger partial charge in [0.2, 0.25) is 0 Å². The van der Waals surface area contributed by atoms with Crippen molar-refractivity contribution < 1.29 is 18.7 Å². The summed E-state index contributed by atoms with van der Waals surface area (Å²) in [5, 5.41) is 2.78. The molecular formula is C17H18N2O4. The van der Waals surface area contributed by atoms with E-state index in [0.29, 0.717) is 37.6 Å². The van der Waals surface area contributed by atoms with E-state index in [-0.39, 0.29) is 17.6 Å². The molecule has 23 heavy (non-hydrogen) atoms. The van der Waals surface area contributed by atoms with Gasteiger partial charge < -0.3 is 19.4 Å². The highest BCUT2D eigenvalue weighted by atomic mass is 16.5. The van der Waals surface area contributed by atoms with Gasteiger partial charge in [0.1, 0.15) is 0 Å². The molecule has 2 heterocycles. The zero-order valence-electron chi connectivity index (χ0n) is 12.9. The van der Waals surface area contributed by atoms with Crippen molar-refractivity contribution in [3.8, 4) is 0 Å². The molecule has 1 aromatic carbocycles. The minimum atomic E-state index is -0.339. The number of furan rings is 1. The molecule has 1 N–H and O–H groups in total. The number of benzene rings is 1. The third-order valence-corrected chi connectivity index (χ3v) is 3.78. The second-order valence-corrected chi connectivity index (χ2v) is 5.37. The smallest absolute Gasteiger partial charge is 0.291 e. The van der Waals surface area contributed by atoms with Gasteiger partial charge in [-0.3, -0.25) is 9.59 Å². The van der Waals surface area contributed by atoms with Gasteiger partial charge in [-0.05, 0) is 36.8 Å². The quantitative estimate of drug-likeness (QED) is 0.943. The van der Waals surface area contributed by atoms with Crippen LogP contribution in [0.4, 0.5) is 5.69 Å². The maximum Gasteiger partial charge on any atom is 0.291 e. The average molecular weight is 314 g/mol. The number of ether oxygens (including phenoxy) is 1. The molecule has 1 fully saturated rings. The summed E-state index contributed by atoms with van der Waals surface area (Å²) in [5.74, 6) is -0.162. The molecule has 0 aliphatic carbocycles. The van der Waals surface area contributed by atoms with E-state index in [0.717, 1.165) is 5.56 Å². The first-order valence-electron chi connectivity index (χ1n) is 7.47. The summed E-state index contributed by atoms with van der Waals surface area (Å²) in [4.78, 5) is 26.4. The van der Waals surface area contributed by atoms with Crippen molar-refractivity contribution in [1.82, 2.24) is 4.90 Å². The van der Waals surface area contributed by atoms with Crippen molar-refractivity contribution in [3.05, 3.63) is 53.5 Å². The summed E-state index contributed by atoms with van der Waals surface area (Å²) in [5.41, 5.74) is 2.03. The highest BCUT2D eigenvalue weighted by Crippen LogP contribution is 2.19. The topological polar surface area (TPSA) is 71.8 Å². The second-order valence-electron chi connectivity index (χ2n) is 5.37. The standard InChI is InChI=1S/C17H18N2O4/c1-12-4-5-13(17(21)19-6-9-22-10-7-19)11-14(12)18-16(20)15-3-2-8-23-15/h2-5,8,11H,6-7,9-10H2,1H3,(H,18,20). The molecule has 6 nitrogen and oxygen atoms in total. The van der Waals surface area contributed by atoms with E-state index in [2.05, 4.69) is 5.32 Å². The molecule has 1 aliphatic heterocycles. The Hall–Kier alpha value is -2.60. The van der Waals surface area contributed by atoms with Crippen LogP contribution < -0.4 is 5.32 Å². The molecule has 1 aromatic heterocycles. The van der Waals surface area contributed by atoms with Crippen LogP contribution >= 0.6 is 0 Å². The van der Waals surface area contributed by atoms with Gasteiger partial charge in [-0.2, -0.15) is 0 Å². The van der Waals surface area contributed by atoms with Crippen LogP contribution in [0.15, 0.2) is 41.0 Å². The molecule has 2 amide bonds. The fourth-order valence-corrected chi connectivity index (χ4v) is 2.43. The van der Waals surface area contributed by atoms with Gasteiger partial charge in [0.15, 0.2) is 5.76 Å². The molecule has 2 aromatic rings. The number of nitrogens with one attached hydrogen (secondary N) is 1. The van der Waals surface area contributed by atoms with Gasteiger partial charge >= 0.3 is 0 Å². The first-order valence-corrected chi connectivity index (χ1v) is 7.47. The van der Waals surface area contributed by atoms with Crippen LogP contribution in [0.5, 0.6) is 0 Å². The van der Waals surface area contributed by atoms with Gasteiger partial charge in [-0.1, -0.05) is 6.07 Å². The van der Waals surface area contributed by atoms with E-state index in [1.807, 2.05) is 13.0 Å². The van der Waals surface area contributed by atoms with Crippen LogP contribution in [-0.2, 0) is 4.74 Å². The van der Waals surface area contributed by atoms with Gasteiger partial charge in [0.25, 0.3) is 11.8 Å². The largest absolute Gasteiger partial charge is 0.459 e. The molecule has 0 saturated carbocycles. The summed E-state index contributed by atoms with van der Waals surface area (Å²) in [6.45, 7) is 4.15. The van der Waals surface area contributed by atoms with Crippen molar-refractivity contribution >= 4 is 17.5 Å². The molecule has 1 aliphatic rings. The molecule has 6 heteroatoms. The monoisotopic (exact) mass is 314 g/mol. The van der Waals surface area contributed by atoms with E-state index in [9.17, 15) is 9.59 Å². The van der Waals surface area contributed by atoms with E-state index in [1.54, 1.807) is 29.2 Å². The Bertz CT molecular complexity index is 703. The zero-order chi connectivity index (χ0) is 16.2. The molecule has 120 valence electrons. The van der Waals surface area contributed by atoms with Gasteiger partial charge in [-0.25, -0.2) is 0 Å². The summed E-state index contributed by atoms with van der Waals surface area (Å²) in [6, 6.07) is 8.54. The van der Waals surface area contributed by atoms with Gasteiger partial charge in [-0.15, -0.1) is 0 Å². The number of carbonyl (C=O) groups is 2. The summed E-state index contributed by atoms with van der Waals surface area (Å²) < 4.78 is 10.3. The molecule has 3 rings (SSSR count). The number of hydrogen-bond acceptors (Lipinski definition) is 4. The van der Waals surface area contributed by atoms with Crippen molar-refractivity contribution in [2.75, 3.05) is 31.6 Å². The minimum Gasteiger partial charge on any atom is -0.459 e. The molecule has 0 radical (unpaired) electrons. The summed E-state index contributed by atoms with van der Waals surface area (Å²) >= 11 is 0. The Morgan fingerprint density at radius 1 is 1.17 bits per heavy atom. The van der Waals surface area contributed by atoms with Gasteiger partial charge in [0.05, 0.1) is 19.5 Å².